The molecule has 3 aromatic rings. The molecule has 0 saturated carbocycles. The van der Waals surface area contributed by atoms with Crippen molar-refractivity contribution in [3.63, 3.8) is 0 Å². The third-order valence-corrected chi connectivity index (χ3v) is 5.29. The van der Waals surface area contributed by atoms with Crippen LogP contribution in [0.3, 0.4) is 0 Å². The number of carbonyl (C=O) groups is 1. The van der Waals surface area contributed by atoms with Gasteiger partial charge in [0.1, 0.15) is 6.61 Å². The monoisotopic (exact) mass is 412 g/mol. The quantitative estimate of drug-likeness (QED) is 0.379. The number of carbonyl (C=O) groups excluding carboxylic acids is 1. The summed E-state index contributed by atoms with van der Waals surface area (Å²) in [6, 6.07) is 21.0. The minimum absolute atomic E-state index is 0.00678. The average Bonchev–Trinajstić information content (AvgIpc) is 3.09. The van der Waals surface area contributed by atoms with Gasteiger partial charge < -0.3 is 10.1 Å². The summed E-state index contributed by atoms with van der Waals surface area (Å²) in [6.07, 6.45) is -0.531. The van der Waals surface area contributed by atoms with E-state index in [4.69, 9.17) is 4.74 Å². The molecule has 4 rings (SSSR count). The van der Waals surface area contributed by atoms with Crippen molar-refractivity contribution in [2.45, 2.75) is 12.8 Å². The van der Waals surface area contributed by atoms with Crippen molar-refractivity contribution in [3.8, 4) is 23.0 Å². The Morgan fingerprint density at radius 3 is 2.32 bits per heavy atom. The second-order valence-electron chi connectivity index (χ2n) is 7.24. The molecule has 0 bridgehead atoms. The summed E-state index contributed by atoms with van der Waals surface area (Å²) in [5.74, 6) is 5.73. The normalized spacial score (nSPS) is 11.6. The number of amides is 1. The van der Waals surface area contributed by atoms with Crippen LogP contribution in [0.2, 0.25) is 0 Å². The Labute approximate surface area is 180 Å². The van der Waals surface area contributed by atoms with Gasteiger partial charge in [0, 0.05) is 23.1 Å². The fraction of sp³-hybridized carbons (Fsp3) is 0.160. The van der Waals surface area contributed by atoms with Crippen LogP contribution in [0.15, 0.2) is 66.7 Å². The lowest BCUT2D eigenvalue weighted by Gasteiger charge is -2.14. The third kappa shape index (κ3) is 4.26. The van der Waals surface area contributed by atoms with E-state index in [2.05, 4.69) is 41.4 Å². The van der Waals surface area contributed by atoms with E-state index >= 15 is 0 Å². The topological polar surface area (TPSA) is 81.5 Å². The summed E-state index contributed by atoms with van der Waals surface area (Å²) in [4.78, 5) is 22.6. The number of nitrogens with zero attached hydrogens (tertiary/aromatic N) is 1. The molecular formula is C25H20N2O4. The highest BCUT2D eigenvalue weighted by molar-refractivity contribution is 5.79. The molecule has 31 heavy (non-hydrogen) atoms. The van der Waals surface area contributed by atoms with E-state index in [0.29, 0.717) is 11.1 Å². The van der Waals surface area contributed by atoms with Gasteiger partial charge in [0.2, 0.25) is 0 Å². The highest BCUT2D eigenvalue weighted by Crippen LogP contribution is 2.44. The number of aryl methyl sites for hydroxylation is 1. The standard InChI is InChI=1S/C25H20N2O4/c1-17-15-18(12-13-24(17)27(29)30)7-6-14-26-25(28)31-16-23-21-10-4-2-8-19(21)20-9-3-5-11-22(20)23/h2-5,8-13,15,23H,14,16H2,1H3,(H,26,28). The number of nitro benzene ring substituents is 1. The number of nitro groups is 1. The molecule has 1 N–H and O–H groups in total. The first kappa shape index (κ1) is 20.2. The van der Waals surface area contributed by atoms with Crippen LogP contribution in [0, 0.1) is 28.9 Å². The van der Waals surface area contributed by atoms with Gasteiger partial charge in [-0.15, -0.1) is 0 Å². The Morgan fingerprint density at radius 2 is 1.71 bits per heavy atom. The van der Waals surface area contributed by atoms with Gasteiger partial charge in [-0.2, -0.15) is 0 Å². The van der Waals surface area contributed by atoms with E-state index < -0.39 is 11.0 Å². The summed E-state index contributed by atoms with van der Waals surface area (Å²) >= 11 is 0. The average molecular weight is 412 g/mol. The number of nitrogens with one attached hydrogen (secondary N) is 1. The molecule has 0 spiro atoms. The van der Waals surface area contributed by atoms with E-state index in [9.17, 15) is 14.9 Å². The molecule has 1 aliphatic carbocycles. The van der Waals surface area contributed by atoms with Gasteiger partial charge in [0.05, 0.1) is 11.5 Å². The van der Waals surface area contributed by atoms with Crippen LogP contribution in [-0.4, -0.2) is 24.2 Å². The second kappa shape index (κ2) is 8.72. The number of hydrogen-bond donors (Lipinski definition) is 1. The number of hydrogen-bond acceptors (Lipinski definition) is 4. The molecule has 6 nitrogen and oxygen atoms in total. The molecule has 3 aromatic carbocycles. The predicted octanol–water partition coefficient (Wildman–Crippen LogP) is 4.79. The van der Waals surface area contributed by atoms with Crippen LogP contribution < -0.4 is 5.32 Å². The first-order chi connectivity index (χ1) is 15.0. The molecule has 0 heterocycles. The SMILES string of the molecule is Cc1cc(C#CCNC(=O)OCC2c3ccccc3-c3ccccc32)ccc1[N+](=O)[O-]. The Balaban J connectivity index is 1.34. The van der Waals surface area contributed by atoms with Crippen LogP contribution in [0.25, 0.3) is 11.1 Å². The zero-order chi connectivity index (χ0) is 21.8. The summed E-state index contributed by atoms with van der Waals surface area (Å²) in [5.41, 5.74) is 5.92. The Kier molecular flexibility index (Phi) is 5.67. The van der Waals surface area contributed by atoms with Crippen LogP contribution in [0.5, 0.6) is 0 Å². The van der Waals surface area contributed by atoms with Gasteiger partial charge in [-0.3, -0.25) is 10.1 Å². The minimum Gasteiger partial charge on any atom is -0.449 e. The molecule has 0 fully saturated rings. The molecule has 0 atom stereocenters. The van der Waals surface area contributed by atoms with Crippen LogP contribution in [0.4, 0.5) is 10.5 Å². The molecule has 0 radical (unpaired) electrons. The molecule has 0 aliphatic heterocycles. The van der Waals surface area contributed by atoms with E-state index in [1.54, 1.807) is 19.1 Å². The summed E-state index contributed by atoms with van der Waals surface area (Å²) in [6.45, 7) is 2.03. The zero-order valence-corrected chi connectivity index (χ0v) is 16.9. The van der Waals surface area contributed by atoms with Crippen LogP contribution >= 0.6 is 0 Å². The Bertz CT molecular complexity index is 1180. The highest BCUT2D eigenvalue weighted by atomic mass is 16.6. The predicted molar refractivity (Wildman–Crippen MR) is 118 cm³/mol. The fourth-order valence-electron chi connectivity index (χ4n) is 3.85. The van der Waals surface area contributed by atoms with Gasteiger partial charge >= 0.3 is 6.09 Å². The summed E-state index contributed by atoms with van der Waals surface area (Å²) in [5, 5.41) is 13.5. The van der Waals surface area contributed by atoms with Crippen LogP contribution in [-0.2, 0) is 4.74 Å². The van der Waals surface area contributed by atoms with Gasteiger partial charge in [-0.25, -0.2) is 4.79 Å². The van der Waals surface area contributed by atoms with E-state index in [1.165, 1.54) is 17.2 Å². The maximum absolute atomic E-state index is 12.1. The van der Waals surface area contributed by atoms with Gasteiger partial charge in [-0.05, 0) is 41.3 Å². The number of benzene rings is 3. The summed E-state index contributed by atoms with van der Waals surface area (Å²) in [7, 11) is 0. The smallest absolute Gasteiger partial charge is 0.407 e. The van der Waals surface area contributed by atoms with E-state index in [0.717, 1.165) is 11.1 Å². The number of ether oxygens (including phenoxy) is 1. The van der Waals surface area contributed by atoms with Crippen molar-refractivity contribution >= 4 is 11.8 Å². The fourth-order valence-corrected chi connectivity index (χ4v) is 3.85. The maximum atomic E-state index is 12.1. The number of rotatable bonds is 4. The van der Waals surface area contributed by atoms with Crippen molar-refractivity contribution < 1.29 is 14.5 Å². The van der Waals surface area contributed by atoms with Crippen molar-refractivity contribution in [1.82, 2.24) is 5.32 Å². The lowest BCUT2D eigenvalue weighted by Crippen LogP contribution is -2.26. The molecule has 0 aromatic heterocycles. The van der Waals surface area contributed by atoms with E-state index in [1.807, 2.05) is 24.3 Å². The molecule has 6 heteroatoms. The third-order valence-electron chi connectivity index (χ3n) is 5.29. The van der Waals surface area contributed by atoms with Crippen molar-refractivity contribution in [2.24, 2.45) is 0 Å². The Hall–Kier alpha value is -4.11. The van der Waals surface area contributed by atoms with Gasteiger partial charge in [0.25, 0.3) is 5.69 Å². The van der Waals surface area contributed by atoms with Crippen LogP contribution in [0.1, 0.15) is 28.2 Å². The molecule has 0 saturated heterocycles. The van der Waals surface area contributed by atoms with Gasteiger partial charge in [-0.1, -0.05) is 60.4 Å². The Morgan fingerprint density at radius 1 is 1.06 bits per heavy atom. The molecular weight excluding hydrogens is 392 g/mol. The maximum Gasteiger partial charge on any atom is 0.407 e. The van der Waals surface area contributed by atoms with Crippen molar-refractivity contribution in [2.75, 3.05) is 13.2 Å². The second-order valence-corrected chi connectivity index (χ2v) is 7.24. The minimum atomic E-state index is -0.531. The summed E-state index contributed by atoms with van der Waals surface area (Å²) < 4.78 is 5.46. The molecule has 1 aliphatic rings. The molecule has 1 amide bonds. The van der Waals surface area contributed by atoms with Crippen molar-refractivity contribution in [3.05, 3.63) is 99.1 Å². The lowest BCUT2D eigenvalue weighted by molar-refractivity contribution is -0.385. The largest absolute Gasteiger partial charge is 0.449 e. The molecule has 154 valence electrons. The van der Waals surface area contributed by atoms with Crippen molar-refractivity contribution in [1.29, 1.82) is 0 Å². The van der Waals surface area contributed by atoms with Gasteiger partial charge in [0.15, 0.2) is 0 Å². The number of fused-ring (bicyclic) bond motifs is 3. The number of alkyl carbamates (subject to hydrolysis) is 1. The first-order valence-electron chi connectivity index (χ1n) is 9.87. The highest BCUT2D eigenvalue weighted by Gasteiger charge is 2.28. The zero-order valence-electron chi connectivity index (χ0n) is 16.9. The molecule has 0 unspecified atom stereocenters. The first-order valence-corrected chi connectivity index (χ1v) is 9.87. The lowest BCUT2D eigenvalue weighted by atomic mass is 9.98. The van der Waals surface area contributed by atoms with E-state index in [-0.39, 0.29) is 24.8 Å².